The van der Waals surface area contributed by atoms with E-state index in [1.165, 1.54) is 5.06 Å². The van der Waals surface area contributed by atoms with Crippen molar-refractivity contribution in [3.8, 4) is 0 Å². The first kappa shape index (κ1) is 15.2. The number of aromatic nitrogens is 2. The second-order valence-corrected chi connectivity index (χ2v) is 5.77. The zero-order chi connectivity index (χ0) is 15.5. The van der Waals surface area contributed by atoms with Crippen molar-refractivity contribution in [3.05, 3.63) is 11.8 Å². The lowest BCUT2D eigenvalue weighted by Crippen LogP contribution is -2.34. The molecule has 1 aromatic rings. The van der Waals surface area contributed by atoms with Crippen molar-refractivity contribution >= 4 is 6.03 Å². The predicted molar refractivity (Wildman–Crippen MR) is 77.6 cm³/mol. The van der Waals surface area contributed by atoms with Crippen LogP contribution in [0.1, 0.15) is 50.4 Å². The van der Waals surface area contributed by atoms with Crippen LogP contribution in [0.25, 0.3) is 0 Å². The Hall–Kier alpha value is -1.67. The van der Waals surface area contributed by atoms with Crippen molar-refractivity contribution in [1.82, 2.24) is 20.2 Å². The molecule has 8 heteroatoms. The minimum absolute atomic E-state index is 0.0952. The van der Waals surface area contributed by atoms with Crippen LogP contribution in [0.2, 0.25) is 0 Å². The second kappa shape index (κ2) is 6.62. The molecule has 3 heterocycles. The number of urea groups is 1. The molecule has 2 aliphatic heterocycles. The third-order valence-corrected chi connectivity index (χ3v) is 4.18. The molecule has 2 N–H and O–H groups in total. The number of rotatable bonds is 7. The summed E-state index contributed by atoms with van der Waals surface area (Å²) in [5.41, 5.74) is 5.49. The lowest BCUT2D eigenvalue weighted by atomic mass is 10.0. The van der Waals surface area contributed by atoms with Crippen molar-refractivity contribution in [2.24, 2.45) is 5.73 Å². The quantitative estimate of drug-likeness (QED) is 0.761. The average molecular weight is 309 g/mol. The van der Waals surface area contributed by atoms with Gasteiger partial charge >= 0.3 is 6.03 Å². The Morgan fingerprint density at radius 3 is 3.05 bits per heavy atom. The van der Waals surface area contributed by atoms with E-state index in [2.05, 4.69) is 17.1 Å². The standard InChI is InChI=1S/C14H23N5O3/c1-2-3-8-21-19-10-4-5-11(18(9-10)14(19)20)13-17-16-12(22-13)6-7-15/h10-11H,2-9,15H2,1H3/t10-,11-/m0/s1. The molecule has 2 bridgehead atoms. The van der Waals surface area contributed by atoms with E-state index in [-0.39, 0.29) is 18.1 Å². The topological polar surface area (TPSA) is 97.7 Å². The molecule has 2 aliphatic rings. The zero-order valence-corrected chi connectivity index (χ0v) is 12.9. The smallest absolute Gasteiger partial charge is 0.345 e. The average Bonchev–Trinajstić information content (AvgIpc) is 3.07. The minimum Gasteiger partial charge on any atom is -0.423 e. The number of hydrogen-bond donors (Lipinski definition) is 1. The monoisotopic (exact) mass is 309 g/mol. The molecule has 0 aliphatic carbocycles. The lowest BCUT2D eigenvalue weighted by Gasteiger charge is -2.27. The molecule has 8 nitrogen and oxygen atoms in total. The van der Waals surface area contributed by atoms with Crippen LogP contribution in [-0.2, 0) is 11.3 Å². The molecular formula is C14H23N5O3. The number of fused-ring (bicyclic) bond motifs is 2. The number of unbranched alkanes of at least 4 members (excludes halogenated alkanes) is 1. The molecule has 22 heavy (non-hydrogen) atoms. The van der Waals surface area contributed by atoms with E-state index in [9.17, 15) is 4.79 Å². The van der Waals surface area contributed by atoms with Crippen molar-refractivity contribution < 1.29 is 14.0 Å². The van der Waals surface area contributed by atoms with Crippen molar-refractivity contribution in [2.75, 3.05) is 19.7 Å². The molecule has 2 saturated heterocycles. The number of nitrogens with two attached hydrogens (primary N) is 1. The second-order valence-electron chi connectivity index (χ2n) is 5.77. The minimum atomic E-state index is -0.150. The molecule has 0 unspecified atom stereocenters. The van der Waals surface area contributed by atoms with Crippen LogP contribution in [0, 0.1) is 0 Å². The van der Waals surface area contributed by atoms with Gasteiger partial charge in [-0.05, 0) is 19.3 Å². The molecule has 2 fully saturated rings. The molecule has 2 amide bonds. The molecule has 0 radical (unpaired) electrons. The number of piperidine rings is 1. The molecule has 1 aromatic heterocycles. The summed E-state index contributed by atoms with van der Waals surface area (Å²) in [6.07, 6.45) is 4.25. The van der Waals surface area contributed by atoms with E-state index >= 15 is 0 Å². The first-order valence-electron chi connectivity index (χ1n) is 7.99. The van der Waals surface area contributed by atoms with Gasteiger partial charge in [-0.2, -0.15) is 5.06 Å². The van der Waals surface area contributed by atoms with Gasteiger partial charge in [0.1, 0.15) is 6.04 Å². The summed E-state index contributed by atoms with van der Waals surface area (Å²) in [6.45, 7) is 3.81. The van der Waals surface area contributed by atoms with Crippen molar-refractivity contribution in [1.29, 1.82) is 0 Å². The molecule has 3 rings (SSSR count). The van der Waals surface area contributed by atoms with Crippen molar-refractivity contribution in [2.45, 2.75) is 51.1 Å². The first-order chi connectivity index (χ1) is 10.7. The maximum atomic E-state index is 12.5. The highest BCUT2D eigenvalue weighted by molar-refractivity contribution is 5.77. The van der Waals surface area contributed by atoms with Crippen LogP contribution in [0.3, 0.4) is 0 Å². The highest BCUT2D eigenvalue weighted by Crippen LogP contribution is 2.37. The number of carbonyl (C=O) groups excluding carboxylic acids is 1. The van der Waals surface area contributed by atoms with Crippen LogP contribution in [0.15, 0.2) is 4.42 Å². The Bertz CT molecular complexity index is 520. The zero-order valence-electron chi connectivity index (χ0n) is 12.9. The van der Waals surface area contributed by atoms with Gasteiger partial charge in [-0.25, -0.2) is 4.79 Å². The van der Waals surface area contributed by atoms with Gasteiger partial charge in [-0.3, -0.25) is 4.84 Å². The molecule has 122 valence electrons. The number of hydroxylamine groups is 2. The summed E-state index contributed by atoms with van der Waals surface area (Å²) in [6, 6.07) is -0.114. The number of carbonyl (C=O) groups is 1. The van der Waals surface area contributed by atoms with Gasteiger partial charge in [0.05, 0.1) is 12.6 Å². The maximum absolute atomic E-state index is 12.5. The van der Waals surface area contributed by atoms with Gasteiger partial charge in [0.15, 0.2) is 0 Å². The lowest BCUT2D eigenvalue weighted by molar-refractivity contribution is -0.130. The van der Waals surface area contributed by atoms with E-state index in [1.54, 1.807) is 4.90 Å². The van der Waals surface area contributed by atoms with E-state index < -0.39 is 0 Å². The maximum Gasteiger partial charge on any atom is 0.345 e. The summed E-state index contributed by atoms with van der Waals surface area (Å²) >= 11 is 0. The van der Waals surface area contributed by atoms with Gasteiger partial charge in [0.25, 0.3) is 0 Å². The van der Waals surface area contributed by atoms with Gasteiger partial charge in [0.2, 0.25) is 11.8 Å². The fourth-order valence-corrected chi connectivity index (χ4v) is 2.99. The van der Waals surface area contributed by atoms with Gasteiger partial charge in [-0.1, -0.05) is 13.3 Å². The highest BCUT2D eigenvalue weighted by Gasteiger charge is 2.47. The Labute approximate surface area is 129 Å². The van der Waals surface area contributed by atoms with E-state index in [0.717, 1.165) is 25.7 Å². The first-order valence-corrected chi connectivity index (χ1v) is 7.99. The largest absolute Gasteiger partial charge is 0.423 e. The molecule has 2 atom stereocenters. The molecule has 0 aromatic carbocycles. The Morgan fingerprint density at radius 2 is 2.27 bits per heavy atom. The van der Waals surface area contributed by atoms with E-state index in [1.807, 2.05) is 0 Å². The molecular weight excluding hydrogens is 286 g/mol. The van der Waals surface area contributed by atoms with Crippen LogP contribution in [0.4, 0.5) is 4.79 Å². The van der Waals surface area contributed by atoms with Crippen LogP contribution in [-0.4, -0.2) is 51.9 Å². The normalized spacial score (nSPS) is 24.4. The summed E-state index contributed by atoms with van der Waals surface area (Å²) in [5.74, 6) is 1.04. The summed E-state index contributed by atoms with van der Waals surface area (Å²) < 4.78 is 5.64. The summed E-state index contributed by atoms with van der Waals surface area (Å²) in [7, 11) is 0. The van der Waals surface area contributed by atoms with Crippen LogP contribution in [0.5, 0.6) is 0 Å². The van der Waals surface area contributed by atoms with E-state index in [4.69, 9.17) is 15.0 Å². The highest BCUT2D eigenvalue weighted by atomic mass is 16.7. The fraction of sp³-hybridized carbons (Fsp3) is 0.786. The third-order valence-electron chi connectivity index (χ3n) is 4.18. The van der Waals surface area contributed by atoms with Gasteiger partial charge < -0.3 is 15.1 Å². The fourth-order valence-electron chi connectivity index (χ4n) is 2.99. The van der Waals surface area contributed by atoms with Crippen molar-refractivity contribution in [3.63, 3.8) is 0 Å². The SMILES string of the molecule is CCCCON1C(=O)N2C[C@@H]1CC[C@H]2c1nnc(CCN)o1. The Morgan fingerprint density at radius 1 is 1.41 bits per heavy atom. The number of nitrogens with zero attached hydrogens (tertiary/aromatic N) is 4. The number of hydrogen-bond acceptors (Lipinski definition) is 6. The van der Waals surface area contributed by atoms with Crippen LogP contribution >= 0.6 is 0 Å². The summed E-state index contributed by atoms with van der Waals surface area (Å²) in [4.78, 5) is 19.9. The Balaban J connectivity index is 1.68. The molecule has 0 spiro atoms. The van der Waals surface area contributed by atoms with Gasteiger partial charge in [-0.15, -0.1) is 10.2 Å². The predicted octanol–water partition coefficient (Wildman–Crippen LogP) is 1.24. The van der Waals surface area contributed by atoms with Gasteiger partial charge in [0, 0.05) is 19.5 Å². The summed E-state index contributed by atoms with van der Waals surface area (Å²) in [5, 5.41) is 9.61. The Kier molecular flexibility index (Phi) is 4.58. The molecule has 0 saturated carbocycles. The third kappa shape index (κ3) is 2.80. The number of amides is 2. The van der Waals surface area contributed by atoms with E-state index in [0.29, 0.717) is 37.9 Å². The van der Waals surface area contributed by atoms with Crippen LogP contribution < -0.4 is 5.73 Å².